The zero-order valence-electron chi connectivity index (χ0n) is 12.4. The Morgan fingerprint density at radius 1 is 0.654 bits per heavy atom. The number of rotatable bonds is 8. The summed E-state index contributed by atoms with van der Waals surface area (Å²) in [6.07, 6.45) is -11.1. The molecule has 0 aromatic rings. The van der Waals surface area contributed by atoms with Crippen LogP contribution in [-0.4, -0.2) is 58.7 Å². The molecule has 0 aromatic heterocycles. The molecule has 158 valence electrons. The van der Waals surface area contributed by atoms with Crippen LogP contribution in [0.15, 0.2) is 0 Å². The third-order valence-corrected chi connectivity index (χ3v) is 3.50. The van der Waals surface area contributed by atoms with Crippen molar-refractivity contribution in [1.82, 2.24) is 0 Å². The summed E-state index contributed by atoms with van der Waals surface area (Å²) >= 11 is 0. The SMILES string of the molecule is CCC(O)C(CO)C(F)(F)C(F)(F)C(F)(F)C(F)(F)C(F)(F)C(F)(F)F. The van der Waals surface area contributed by atoms with Crippen molar-refractivity contribution in [2.24, 2.45) is 5.92 Å². The number of hydrogen-bond acceptors (Lipinski definition) is 2. The van der Waals surface area contributed by atoms with E-state index in [9.17, 15) is 57.1 Å². The summed E-state index contributed by atoms with van der Waals surface area (Å²) in [6, 6.07) is 0. The monoisotopic (exact) mass is 422 g/mol. The van der Waals surface area contributed by atoms with Gasteiger partial charge in [-0.05, 0) is 6.42 Å². The van der Waals surface area contributed by atoms with Crippen LogP contribution in [0.25, 0.3) is 0 Å². The van der Waals surface area contributed by atoms with Gasteiger partial charge >= 0.3 is 35.8 Å². The van der Waals surface area contributed by atoms with Gasteiger partial charge in [0.1, 0.15) is 0 Å². The second-order valence-electron chi connectivity index (χ2n) is 5.18. The van der Waals surface area contributed by atoms with E-state index in [0.29, 0.717) is 0 Å². The average molecular weight is 422 g/mol. The van der Waals surface area contributed by atoms with E-state index in [4.69, 9.17) is 10.2 Å². The van der Waals surface area contributed by atoms with E-state index >= 15 is 0 Å². The molecule has 0 amide bonds. The van der Waals surface area contributed by atoms with Crippen LogP contribution >= 0.6 is 0 Å². The zero-order chi connectivity index (χ0) is 21.6. The Bertz CT molecular complexity index is 485. The second-order valence-corrected chi connectivity index (χ2v) is 5.18. The Hall–Kier alpha value is -0.990. The Morgan fingerprint density at radius 2 is 1.00 bits per heavy atom. The maximum Gasteiger partial charge on any atom is 0.460 e. The molecule has 0 heterocycles. The minimum Gasteiger partial charge on any atom is -0.396 e. The van der Waals surface area contributed by atoms with Crippen molar-refractivity contribution in [3.05, 3.63) is 0 Å². The Labute approximate surface area is 136 Å². The second kappa shape index (κ2) is 6.87. The highest BCUT2D eigenvalue weighted by molar-refractivity contribution is 5.11. The van der Waals surface area contributed by atoms with Crippen LogP contribution in [0.2, 0.25) is 0 Å². The summed E-state index contributed by atoms with van der Waals surface area (Å²) in [4.78, 5) is 0. The molecule has 0 rings (SSSR count). The van der Waals surface area contributed by atoms with Crippen LogP contribution in [0.4, 0.5) is 57.1 Å². The maximum atomic E-state index is 13.6. The average Bonchev–Trinajstić information content (AvgIpc) is 2.45. The summed E-state index contributed by atoms with van der Waals surface area (Å²) in [5.41, 5.74) is 0. The number of hydrogen-bond donors (Lipinski definition) is 2. The first kappa shape index (κ1) is 25.0. The van der Waals surface area contributed by atoms with Crippen molar-refractivity contribution in [3.8, 4) is 0 Å². The Morgan fingerprint density at radius 3 is 1.27 bits per heavy atom. The molecule has 0 radical (unpaired) electrons. The van der Waals surface area contributed by atoms with Crippen LogP contribution in [-0.2, 0) is 0 Å². The molecule has 0 bridgehead atoms. The van der Waals surface area contributed by atoms with Crippen molar-refractivity contribution in [1.29, 1.82) is 0 Å². The fourth-order valence-corrected chi connectivity index (χ4v) is 1.78. The molecular formula is C11H11F13O2. The van der Waals surface area contributed by atoms with Gasteiger partial charge in [0, 0.05) is 0 Å². The first-order valence-corrected chi connectivity index (χ1v) is 6.43. The summed E-state index contributed by atoms with van der Waals surface area (Å²) in [7, 11) is 0. The van der Waals surface area contributed by atoms with E-state index in [2.05, 4.69) is 0 Å². The van der Waals surface area contributed by atoms with E-state index in [1.807, 2.05) is 0 Å². The first-order valence-electron chi connectivity index (χ1n) is 6.43. The molecule has 0 aliphatic rings. The smallest absolute Gasteiger partial charge is 0.396 e. The van der Waals surface area contributed by atoms with Gasteiger partial charge < -0.3 is 10.2 Å². The predicted octanol–water partition coefficient (Wildman–Crippen LogP) is 4.10. The van der Waals surface area contributed by atoms with E-state index < -0.39 is 60.8 Å². The molecule has 2 atom stereocenters. The molecule has 0 aromatic carbocycles. The zero-order valence-corrected chi connectivity index (χ0v) is 12.4. The highest BCUT2D eigenvalue weighted by Gasteiger charge is 2.91. The van der Waals surface area contributed by atoms with Gasteiger partial charge in [0.05, 0.1) is 18.6 Å². The van der Waals surface area contributed by atoms with E-state index in [1.54, 1.807) is 0 Å². The van der Waals surface area contributed by atoms with Crippen molar-refractivity contribution < 1.29 is 67.3 Å². The van der Waals surface area contributed by atoms with Gasteiger partial charge in [-0.2, -0.15) is 57.1 Å². The fraction of sp³-hybridized carbons (Fsp3) is 1.00. The molecule has 15 heteroatoms. The van der Waals surface area contributed by atoms with Crippen molar-refractivity contribution >= 4 is 0 Å². The molecular weight excluding hydrogens is 411 g/mol. The van der Waals surface area contributed by atoms with Gasteiger partial charge in [0.2, 0.25) is 0 Å². The maximum absolute atomic E-state index is 13.6. The largest absolute Gasteiger partial charge is 0.460 e. The molecule has 0 saturated carbocycles. The summed E-state index contributed by atoms with van der Waals surface area (Å²) in [5, 5.41) is 17.6. The minimum atomic E-state index is -8.00. The molecule has 0 fully saturated rings. The molecule has 26 heavy (non-hydrogen) atoms. The van der Waals surface area contributed by atoms with Crippen LogP contribution in [0.3, 0.4) is 0 Å². The third-order valence-electron chi connectivity index (χ3n) is 3.50. The molecule has 0 aliphatic heterocycles. The number of aliphatic hydroxyl groups excluding tert-OH is 2. The molecule has 2 nitrogen and oxygen atoms in total. The summed E-state index contributed by atoms with van der Waals surface area (Å²) in [6.45, 7) is -1.39. The summed E-state index contributed by atoms with van der Waals surface area (Å²) in [5.74, 6) is -41.3. The quantitative estimate of drug-likeness (QED) is 0.579. The molecule has 2 unspecified atom stereocenters. The Balaban J connectivity index is 6.40. The lowest BCUT2D eigenvalue weighted by Crippen LogP contribution is -2.71. The van der Waals surface area contributed by atoms with Crippen LogP contribution in [0.5, 0.6) is 0 Å². The first-order chi connectivity index (χ1) is 11.2. The fourth-order valence-electron chi connectivity index (χ4n) is 1.78. The lowest BCUT2D eigenvalue weighted by atomic mass is 9.84. The van der Waals surface area contributed by atoms with Crippen LogP contribution < -0.4 is 0 Å². The van der Waals surface area contributed by atoms with Gasteiger partial charge in [-0.3, -0.25) is 0 Å². The molecule has 0 saturated heterocycles. The topological polar surface area (TPSA) is 40.5 Å². The van der Waals surface area contributed by atoms with Crippen LogP contribution in [0, 0.1) is 5.92 Å². The van der Waals surface area contributed by atoms with Gasteiger partial charge in [-0.1, -0.05) is 6.92 Å². The van der Waals surface area contributed by atoms with Crippen molar-refractivity contribution in [2.75, 3.05) is 6.61 Å². The van der Waals surface area contributed by atoms with E-state index in [-0.39, 0.29) is 0 Å². The minimum absolute atomic E-state index is 0.812. The van der Waals surface area contributed by atoms with Gasteiger partial charge in [0.25, 0.3) is 0 Å². The number of alkyl halides is 13. The third kappa shape index (κ3) is 3.31. The highest BCUT2D eigenvalue weighted by atomic mass is 19.4. The lowest BCUT2D eigenvalue weighted by molar-refractivity contribution is -0.444. The van der Waals surface area contributed by atoms with E-state index in [0.717, 1.165) is 6.92 Å². The van der Waals surface area contributed by atoms with Gasteiger partial charge in [-0.15, -0.1) is 0 Å². The normalized spacial score (nSPS) is 18.0. The van der Waals surface area contributed by atoms with Crippen molar-refractivity contribution in [3.63, 3.8) is 0 Å². The standard InChI is InChI=1S/C11H11F13O2/c1-2-5(26)4(3-25)6(12,13)7(14,15)8(16,17)9(18,19)10(20,21)11(22,23)24/h4-5,25-26H,2-3H2,1H3. The molecule has 0 aliphatic carbocycles. The number of halogens is 13. The molecule has 2 N–H and O–H groups in total. The number of aliphatic hydroxyl groups is 2. The van der Waals surface area contributed by atoms with E-state index in [1.165, 1.54) is 0 Å². The van der Waals surface area contributed by atoms with Gasteiger partial charge in [-0.25, -0.2) is 0 Å². The lowest BCUT2D eigenvalue weighted by Gasteiger charge is -2.42. The van der Waals surface area contributed by atoms with Gasteiger partial charge in [0.15, 0.2) is 0 Å². The predicted molar refractivity (Wildman–Crippen MR) is 57.7 cm³/mol. The molecule has 0 spiro atoms. The van der Waals surface area contributed by atoms with Crippen molar-refractivity contribution in [2.45, 2.75) is 55.2 Å². The Kier molecular flexibility index (Phi) is 6.61. The summed E-state index contributed by atoms with van der Waals surface area (Å²) < 4.78 is 167. The highest BCUT2D eigenvalue weighted by Crippen LogP contribution is 2.61. The van der Waals surface area contributed by atoms with Crippen LogP contribution in [0.1, 0.15) is 13.3 Å².